The van der Waals surface area contributed by atoms with Crippen LogP contribution in [0, 0.1) is 29.6 Å². The second-order valence-corrected chi connectivity index (χ2v) is 14.9. The van der Waals surface area contributed by atoms with Crippen molar-refractivity contribution in [2.45, 2.75) is 112 Å². The lowest BCUT2D eigenvalue weighted by Gasteiger charge is -2.38. The summed E-state index contributed by atoms with van der Waals surface area (Å²) in [7, 11) is 4.22. The molecule has 1 heterocycles. The van der Waals surface area contributed by atoms with E-state index in [-0.39, 0.29) is 12.2 Å². The Kier molecular flexibility index (Phi) is 14.8. The minimum absolute atomic E-state index is 0.00635. The van der Waals surface area contributed by atoms with E-state index in [1.54, 1.807) is 81.4 Å². The summed E-state index contributed by atoms with van der Waals surface area (Å²) in [6, 6.07) is 2.47. The van der Waals surface area contributed by atoms with Crippen molar-refractivity contribution in [3.05, 3.63) is 29.8 Å². The second kappa shape index (κ2) is 17.7. The molecule has 0 aromatic heterocycles. The molecule has 0 unspecified atom stereocenters. The number of benzene rings is 1. The van der Waals surface area contributed by atoms with Gasteiger partial charge in [-0.25, -0.2) is 14.4 Å². The zero-order chi connectivity index (χ0) is 38.4. The maximum atomic E-state index is 14.2. The largest absolute Gasteiger partial charge is 0.508 e. The Hall–Kier alpha value is -4.16. The highest BCUT2D eigenvalue weighted by Crippen LogP contribution is 2.25. The summed E-state index contributed by atoms with van der Waals surface area (Å²) < 4.78 is 17.6. The van der Waals surface area contributed by atoms with Crippen molar-refractivity contribution < 1.29 is 48.1 Å². The summed E-state index contributed by atoms with van der Waals surface area (Å²) in [4.78, 5) is 87.5. The average molecular weight is 704 g/mol. The Morgan fingerprint density at radius 2 is 0.840 bits per heavy atom. The quantitative estimate of drug-likeness (QED) is 0.329. The van der Waals surface area contributed by atoms with Gasteiger partial charge in [0.25, 0.3) is 17.7 Å². The molecule has 1 saturated heterocycles. The van der Waals surface area contributed by atoms with Gasteiger partial charge in [0.1, 0.15) is 23.9 Å². The van der Waals surface area contributed by atoms with Crippen molar-refractivity contribution in [3.8, 4) is 5.75 Å². The minimum atomic E-state index is -1.36. The lowest BCUT2D eigenvalue weighted by Crippen LogP contribution is -2.57. The van der Waals surface area contributed by atoms with Gasteiger partial charge in [-0.1, -0.05) is 81.4 Å². The molecule has 13 nitrogen and oxygen atoms in total. The molecule has 0 bridgehead atoms. The number of nitrogens with zero attached hydrogens (tertiary/aromatic N) is 3. The molecule has 0 spiro atoms. The topological polar surface area (TPSA) is 160 Å². The monoisotopic (exact) mass is 703 g/mol. The maximum Gasteiger partial charge on any atom is 0.329 e. The molecule has 1 N–H and O–H groups in total. The van der Waals surface area contributed by atoms with Crippen molar-refractivity contribution in [1.29, 1.82) is 0 Å². The van der Waals surface area contributed by atoms with Gasteiger partial charge in [0.05, 0.1) is 0 Å². The third kappa shape index (κ3) is 9.97. The summed E-state index contributed by atoms with van der Waals surface area (Å²) in [6.45, 7) is 17.0. The fourth-order valence-electron chi connectivity index (χ4n) is 6.03. The number of likely N-dealkylation sites (N-methyl/N-ethyl adjacent to an activating group) is 3. The number of carbonyl (C=O) groups is 6. The number of cyclic esters (lactones) is 3. The first-order valence-corrected chi connectivity index (χ1v) is 17.3. The van der Waals surface area contributed by atoms with Crippen LogP contribution >= 0.6 is 0 Å². The van der Waals surface area contributed by atoms with E-state index in [4.69, 9.17) is 14.2 Å². The predicted octanol–water partition coefficient (Wildman–Crippen LogP) is 3.44. The number of ether oxygens (including phenoxy) is 3. The van der Waals surface area contributed by atoms with Gasteiger partial charge in [-0.15, -0.1) is 0 Å². The molecule has 0 radical (unpaired) electrons. The molecular formula is C37H57N3O10. The number of phenolic OH excluding ortho intramolecular Hbond substituents is 1. The third-order valence-electron chi connectivity index (χ3n) is 9.00. The molecule has 1 aromatic rings. The van der Waals surface area contributed by atoms with Crippen LogP contribution < -0.4 is 0 Å². The average Bonchev–Trinajstić information content (AvgIpc) is 3.02. The van der Waals surface area contributed by atoms with Gasteiger partial charge in [-0.05, 0) is 47.3 Å². The van der Waals surface area contributed by atoms with Crippen molar-refractivity contribution >= 4 is 35.6 Å². The predicted molar refractivity (Wildman–Crippen MR) is 185 cm³/mol. The molecule has 13 heteroatoms. The van der Waals surface area contributed by atoms with E-state index in [1.165, 1.54) is 43.1 Å². The molecule has 1 aliphatic heterocycles. The zero-order valence-corrected chi connectivity index (χ0v) is 31.8. The molecule has 2 rings (SSSR count). The third-order valence-corrected chi connectivity index (χ3v) is 9.00. The van der Waals surface area contributed by atoms with Crippen molar-refractivity contribution in [2.24, 2.45) is 29.6 Å². The van der Waals surface area contributed by atoms with Crippen LogP contribution in [0.25, 0.3) is 0 Å². The van der Waals surface area contributed by atoms with E-state index in [2.05, 4.69) is 0 Å². The standard InChI is InChI=1S/C37H57N3O10/c1-19(2)27-36(46)49-29(21(5)6)32(42)38(11)26(18-24-14-16-25(41)17-15-24)35(45)48-30(22(7)8)33(43)39(12)28(20(3)4)37(47)50-31(23(9)10)34(44)40(27)13/h14-17,19-23,26-31,41H,18H2,1-13H3/t26-,27-,28-,29+,30+,31+/m0/s1. The highest BCUT2D eigenvalue weighted by atomic mass is 16.6. The Morgan fingerprint density at radius 3 is 1.16 bits per heavy atom. The number of aromatic hydroxyl groups is 1. The molecule has 280 valence electrons. The molecule has 1 aliphatic rings. The van der Waals surface area contributed by atoms with Crippen LogP contribution in [0.3, 0.4) is 0 Å². The highest BCUT2D eigenvalue weighted by Gasteiger charge is 2.44. The number of rotatable bonds is 7. The Labute approximate surface area is 296 Å². The van der Waals surface area contributed by atoms with Gasteiger partial charge < -0.3 is 34.0 Å². The fourth-order valence-corrected chi connectivity index (χ4v) is 6.03. The second-order valence-electron chi connectivity index (χ2n) is 14.9. The number of hydrogen-bond donors (Lipinski definition) is 1. The fraction of sp³-hybridized carbons (Fsp3) is 0.676. The van der Waals surface area contributed by atoms with E-state index in [0.29, 0.717) is 5.56 Å². The van der Waals surface area contributed by atoms with Crippen molar-refractivity contribution in [2.75, 3.05) is 21.1 Å². The number of phenols is 1. The number of carbonyl (C=O) groups excluding carboxylic acids is 6. The normalized spacial score (nSPS) is 25.8. The summed E-state index contributed by atoms with van der Waals surface area (Å²) >= 11 is 0. The van der Waals surface area contributed by atoms with E-state index in [1.807, 2.05) is 0 Å². The SMILES string of the molecule is CC(C)[C@H]1C(=O)O[C@H](C(C)C)C(=O)N(C)[C@@H](Cc2ccc(O)cc2)C(=O)O[C@H](C(C)C)C(=O)N(C)[C@@H](C(C)C)C(=O)O[C@H](C(C)C)C(=O)N1C. The van der Waals surface area contributed by atoms with E-state index < -0.39 is 102 Å². The smallest absolute Gasteiger partial charge is 0.329 e. The molecular weight excluding hydrogens is 646 g/mol. The van der Waals surface area contributed by atoms with E-state index in [9.17, 15) is 33.9 Å². The van der Waals surface area contributed by atoms with Crippen LogP contribution in [0.5, 0.6) is 5.75 Å². The zero-order valence-electron chi connectivity index (χ0n) is 31.8. The molecule has 50 heavy (non-hydrogen) atoms. The lowest BCUT2D eigenvalue weighted by atomic mass is 9.98. The molecule has 1 aromatic carbocycles. The van der Waals surface area contributed by atoms with Crippen molar-refractivity contribution in [1.82, 2.24) is 14.7 Å². The first-order chi connectivity index (χ1) is 23.1. The number of hydrogen-bond acceptors (Lipinski definition) is 10. The van der Waals surface area contributed by atoms with Crippen LogP contribution in [0.2, 0.25) is 0 Å². The van der Waals surface area contributed by atoms with Gasteiger partial charge in [-0.3, -0.25) is 14.4 Å². The van der Waals surface area contributed by atoms with Gasteiger partial charge in [0, 0.05) is 27.6 Å². The molecule has 0 aliphatic carbocycles. The van der Waals surface area contributed by atoms with Crippen LogP contribution in [-0.2, 0) is 49.4 Å². The number of amides is 3. The van der Waals surface area contributed by atoms with Gasteiger partial charge in [0.2, 0.25) is 0 Å². The van der Waals surface area contributed by atoms with Crippen LogP contribution in [0.1, 0.15) is 74.8 Å². The maximum absolute atomic E-state index is 14.2. The van der Waals surface area contributed by atoms with Crippen LogP contribution in [-0.4, -0.2) is 113 Å². The minimum Gasteiger partial charge on any atom is -0.508 e. The highest BCUT2D eigenvalue weighted by molar-refractivity contribution is 5.94. The molecule has 1 fully saturated rings. The lowest BCUT2D eigenvalue weighted by molar-refractivity contribution is -0.181. The number of esters is 3. The Bertz CT molecular complexity index is 1360. The van der Waals surface area contributed by atoms with Crippen LogP contribution in [0.4, 0.5) is 0 Å². The van der Waals surface area contributed by atoms with Gasteiger partial charge in [0.15, 0.2) is 18.3 Å². The van der Waals surface area contributed by atoms with E-state index >= 15 is 0 Å². The van der Waals surface area contributed by atoms with E-state index in [0.717, 1.165) is 4.90 Å². The molecule has 0 saturated carbocycles. The summed E-state index contributed by atoms with van der Waals surface area (Å²) in [6.07, 6.45) is -4.08. The summed E-state index contributed by atoms with van der Waals surface area (Å²) in [5.74, 6) is -7.09. The molecule has 6 atom stereocenters. The molecule has 3 amide bonds. The summed E-state index contributed by atoms with van der Waals surface area (Å²) in [5, 5.41) is 9.83. The van der Waals surface area contributed by atoms with Gasteiger partial charge in [-0.2, -0.15) is 0 Å². The summed E-state index contributed by atoms with van der Waals surface area (Å²) in [5.41, 5.74) is 0.580. The van der Waals surface area contributed by atoms with Crippen LogP contribution in [0.15, 0.2) is 24.3 Å². The Balaban J connectivity index is 2.81. The van der Waals surface area contributed by atoms with Crippen molar-refractivity contribution in [3.63, 3.8) is 0 Å². The first kappa shape index (κ1) is 42.0. The Morgan fingerprint density at radius 1 is 0.520 bits per heavy atom. The van der Waals surface area contributed by atoms with Gasteiger partial charge >= 0.3 is 17.9 Å². The first-order valence-electron chi connectivity index (χ1n) is 17.3.